The van der Waals surface area contributed by atoms with Crippen LogP contribution >= 0.6 is 0 Å². The maximum absolute atomic E-state index is 5.51. The van der Waals surface area contributed by atoms with E-state index < -0.39 is 0 Å². The normalized spacial score (nSPS) is 24.3. The van der Waals surface area contributed by atoms with Crippen LogP contribution in [0.4, 0.5) is 0 Å². The molecule has 0 spiro atoms. The van der Waals surface area contributed by atoms with Gasteiger partial charge in [0.2, 0.25) is 0 Å². The highest BCUT2D eigenvalue weighted by Crippen LogP contribution is 2.33. The first-order chi connectivity index (χ1) is 9.01. The fourth-order valence-corrected chi connectivity index (χ4v) is 3.37. The van der Waals surface area contributed by atoms with E-state index in [1.54, 1.807) is 0 Å². The molecule has 1 N–H and O–H groups in total. The quantitative estimate of drug-likeness (QED) is 0.769. The highest BCUT2D eigenvalue weighted by molar-refractivity contribution is 5.04. The van der Waals surface area contributed by atoms with Gasteiger partial charge in [-0.05, 0) is 32.6 Å². The van der Waals surface area contributed by atoms with Gasteiger partial charge in [-0.1, -0.05) is 27.7 Å². The number of hydrogen-bond donors (Lipinski definition) is 1. The van der Waals surface area contributed by atoms with Gasteiger partial charge in [-0.2, -0.15) is 0 Å². The lowest BCUT2D eigenvalue weighted by atomic mass is 9.80. The Bertz CT molecular complexity index is 259. The first-order valence-corrected chi connectivity index (χ1v) is 8.04. The first kappa shape index (κ1) is 16.9. The van der Waals surface area contributed by atoms with Gasteiger partial charge in [0.15, 0.2) is 0 Å². The number of nitrogens with one attached hydrogen (secondary N) is 1. The van der Waals surface area contributed by atoms with Crippen molar-refractivity contribution in [2.75, 3.05) is 26.7 Å². The van der Waals surface area contributed by atoms with Crippen molar-refractivity contribution in [1.82, 2.24) is 10.2 Å². The van der Waals surface area contributed by atoms with Crippen LogP contribution in [0.25, 0.3) is 0 Å². The Labute approximate surface area is 120 Å². The van der Waals surface area contributed by atoms with Crippen LogP contribution in [0.1, 0.15) is 60.3 Å². The summed E-state index contributed by atoms with van der Waals surface area (Å²) in [5.74, 6) is 0. The number of piperazine rings is 1. The molecule has 0 aromatic heterocycles. The van der Waals surface area contributed by atoms with Crippen molar-refractivity contribution >= 4 is 0 Å². The second-order valence-corrected chi connectivity index (χ2v) is 6.20. The minimum atomic E-state index is 0.293. The molecule has 0 amide bonds. The molecule has 3 nitrogen and oxygen atoms in total. The molecule has 1 unspecified atom stereocenters. The zero-order chi connectivity index (χ0) is 14.5. The first-order valence-electron chi connectivity index (χ1n) is 8.04. The molecule has 3 heteroatoms. The molecule has 0 aromatic rings. The Hall–Kier alpha value is -0.120. The summed E-state index contributed by atoms with van der Waals surface area (Å²) < 4.78 is 5.51. The summed E-state index contributed by atoms with van der Waals surface area (Å²) in [5, 5.41) is 3.86. The van der Waals surface area contributed by atoms with Crippen LogP contribution in [0.5, 0.6) is 0 Å². The molecule has 0 saturated carbocycles. The summed E-state index contributed by atoms with van der Waals surface area (Å²) >= 11 is 0. The molecule has 114 valence electrons. The largest absolute Gasteiger partial charge is 0.380 e. The topological polar surface area (TPSA) is 24.5 Å². The summed E-state index contributed by atoms with van der Waals surface area (Å²) in [6.07, 6.45) is 5.12. The molecular formula is C16H34N2O. The van der Waals surface area contributed by atoms with Crippen molar-refractivity contribution in [2.45, 2.75) is 77.5 Å². The van der Waals surface area contributed by atoms with E-state index in [2.05, 4.69) is 44.8 Å². The van der Waals surface area contributed by atoms with E-state index in [-0.39, 0.29) is 0 Å². The summed E-state index contributed by atoms with van der Waals surface area (Å²) in [7, 11) is 1.82. The lowest BCUT2D eigenvalue weighted by molar-refractivity contribution is -0.0363. The predicted octanol–water partition coefficient (Wildman–Crippen LogP) is 3.04. The fraction of sp³-hybridized carbons (Fsp3) is 1.00. The Balaban J connectivity index is 2.91. The van der Waals surface area contributed by atoms with Gasteiger partial charge in [0.1, 0.15) is 0 Å². The molecule has 0 aromatic carbocycles. The Kier molecular flexibility index (Phi) is 6.28. The second kappa shape index (κ2) is 7.05. The molecule has 1 heterocycles. The van der Waals surface area contributed by atoms with E-state index in [4.69, 9.17) is 4.74 Å². The Morgan fingerprint density at radius 3 is 2.11 bits per heavy atom. The fourth-order valence-electron chi connectivity index (χ4n) is 3.37. The Morgan fingerprint density at radius 2 is 1.68 bits per heavy atom. The minimum absolute atomic E-state index is 0.293. The SMILES string of the molecule is CCC1(CC)CN(CC(C)OC)C(CC)(CC)CN1. The van der Waals surface area contributed by atoms with Gasteiger partial charge in [0.05, 0.1) is 6.10 Å². The van der Waals surface area contributed by atoms with Crippen molar-refractivity contribution in [3.05, 3.63) is 0 Å². The van der Waals surface area contributed by atoms with Crippen LogP contribution in [0.2, 0.25) is 0 Å². The molecule has 0 aliphatic carbocycles. The summed E-state index contributed by atoms with van der Waals surface area (Å²) in [6, 6.07) is 0. The monoisotopic (exact) mass is 270 g/mol. The van der Waals surface area contributed by atoms with E-state index in [0.29, 0.717) is 17.2 Å². The highest BCUT2D eigenvalue weighted by atomic mass is 16.5. The van der Waals surface area contributed by atoms with Crippen LogP contribution in [-0.4, -0.2) is 48.8 Å². The molecule has 1 aliphatic heterocycles. The molecule has 1 fully saturated rings. The van der Waals surface area contributed by atoms with E-state index in [0.717, 1.165) is 19.6 Å². The average Bonchev–Trinajstić information content (AvgIpc) is 2.47. The van der Waals surface area contributed by atoms with Crippen molar-refractivity contribution in [1.29, 1.82) is 0 Å². The van der Waals surface area contributed by atoms with E-state index >= 15 is 0 Å². The summed E-state index contributed by atoms with van der Waals surface area (Å²) in [6.45, 7) is 14.7. The number of methoxy groups -OCH3 is 1. The third-order valence-electron chi connectivity index (χ3n) is 5.51. The smallest absolute Gasteiger partial charge is 0.0670 e. The third-order valence-corrected chi connectivity index (χ3v) is 5.51. The number of rotatable bonds is 7. The maximum Gasteiger partial charge on any atom is 0.0670 e. The zero-order valence-corrected chi connectivity index (χ0v) is 13.9. The van der Waals surface area contributed by atoms with Crippen molar-refractivity contribution in [3.63, 3.8) is 0 Å². The Morgan fingerprint density at radius 1 is 1.11 bits per heavy atom. The average molecular weight is 270 g/mol. The molecular weight excluding hydrogens is 236 g/mol. The number of nitrogens with zero attached hydrogens (tertiary/aromatic N) is 1. The van der Waals surface area contributed by atoms with Crippen molar-refractivity contribution in [3.8, 4) is 0 Å². The van der Waals surface area contributed by atoms with E-state index in [1.165, 1.54) is 25.7 Å². The van der Waals surface area contributed by atoms with Crippen molar-refractivity contribution in [2.24, 2.45) is 0 Å². The van der Waals surface area contributed by atoms with Gasteiger partial charge in [-0.25, -0.2) is 0 Å². The van der Waals surface area contributed by atoms with Gasteiger partial charge in [0, 0.05) is 37.8 Å². The van der Waals surface area contributed by atoms with Crippen LogP contribution in [0.3, 0.4) is 0 Å². The molecule has 0 radical (unpaired) electrons. The second-order valence-electron chi connectivity index (χ2n) is 6.20. The van der Waals surface area contributed by atoms with Crippen LogP contribution in [0.15, 0.2) is 0 Å². The van der Waals surface area contributed by atoms with Gasteiger partial charge in [0.25, 0.3) is 0 Å². The number of ether oxygens (including phenoxy) is 1. The molecule has 1 atom stereocenters. The predicted molar refractivity (Wildman–Crippen MR) is 82.7 cm³/mol. The summed E-state index contributed by atoms with van der Waals surface area (Å²) in [5.41, 5.74) is 0.599. The molecule has 1 saturated heterocycles. The molecule has 1 aliphatic rings. The maximum atomic E-state index is 5.51. The summed E-state index contributed by atoms with van der Waals surface area (Å²) in [4.78, 5) is 2.70. The van der Waals surface area contributed by atoms with Gasteiger partial charge >= 0.3 is 0 Å². The minimum Gasteiger partial charge on any atom is -0.380 e. The number of hydrogen-bond acceptors (Lipinski definition) is 3. The highest BCUT2D eigenvalue weighted by Gasteiger charge is 2.44. The van der Waals surface area contributed by atoms with Gasteiger partial charge in [-0.15, -0.1) is 0 Å². The lowest BCUT2D eigenvalue weighted by Gasteiger charge is -2.55. The van der Waals surface area contributed by atoms with Crippen LogP contribution in [-0.2, 0) is 4.74 Å². The third kappa shape index (κ3) is 3.50. The van der Waals surface area contributed by atoms with Crippen LogP contribution < -0.4 is 5.32 Å². The standard InChI is InChI=1S/C16H34N2O/c1-7-15(8-2)13-18(11-14(5)19-6)16(9-3,10-4)12-17-15/h14,17H,7-13H2,1-6H3. The van der Waals surface area contributed by atoms with E-state index in [9.17, 15) is 0 Å². The molecule has 19 heavy (non-hydrogen) atoms. The van der Waals surface area contributed by atoms with Crippen molar-refractivity contribution < 1.29 is 4.74 Å². The van der Waals surface area contributed by atoms with Crippen LogP contribution in [0, 0.1) is 0 Å². The van der Waals surface area contributed by atoms with Gasteiger partial charge in [-0.3, -0.25) is 4.90 Å². The zero-order valence-electron chi connectivity index (χ0n) is 13.9. The lowest BCUT2D eigenvalue weighted by Crippen LogP contribution is -2.70. The molecule has 0 bridgehead atoms. The van der Waals surface area contributed by atoms with E-state index in [1.807, 2.05) is 7.11 Å². The molecule has 1 rings (SSSR count). The van der Waals surface area contributed by atoms with Gasteiger partial charge < -0.3 is 10.1 Å².